The van der Waals surface area contributed by atoms with E-state index in [2.05, 4.69) is 10.3 Å². The summed E-state index contributed by atoms with van der Waals surface area (Å²) < 4.78 is 1.33. The summed E-state index contributed by atoms with van der Waals surface area (Å²) in [4.78, 5) is 25.8. The fraction of sp³-hybridized carbons (Fsp3) is 0.692. The minimum atomic E-state index is -0.554. The molecule has 1 unspecified atom stereocenters. The van der Waals surface area contributed by atoms with Gasteiger partial charge in [0, 0.05) is 12.6 Å². The van der Waals surface area contributed by atoms with Crippen LogP contribution in [-0.2, 0) is 6.54 Å². The highest BCUT2D eigenvalue weighted by molar-refractivity contribution is 5.60. The van der Waals surface area contributed by atoms with Gasteiger partial charge >= 0.3 is 5.69 Å². The van der Waals surface area contributed by atoms with Crippen LogP contribution in [0.3, 0.4) is 0 Å². The molecule has 0 amide bonds. The molecule has 0 radical (unpaired) electrons. The van der Waals surface area contributed by atoms with Gasteiger partial charge in [-0.05, 0) is 18.8 Å². The van der Waals surface area contributed by atoms with Gasteiger partial charge in [-0.2, -0.15) is 0 Å². The second kappa shape index (κ2) is 7.14. The number of rotatable bonds is 7. The van der Waals surface area contributed by atoms with Gasteiger partial charge in [0.05, 0.1) is 6.61 Å². The van der Waals surface area contributed by atoms with Crippen LogP contribution in [0, 0.1) is 5.92 Å². The van der Waals surface area contributed by atoms with Gasteiger partial charge in [0.1, 0.15) is 11.5 Å². The van der Waals surface area contributed by atoms with Gasteiger partial charge in [-0.1, -0.05) is 20.8 Å². The number of H-pyrrole nitrogens is 1. The maximum atomic E-state index is 11.9. The normalized spacial score (nSPS) is 12.7. The van der Waals surface area contributed by atoms with Crippen LogP contribution >= 0.6 is 0 Å². The summed E-state index contributed by atoms with van der Waals surface area (Å²) in [5.41, 5.74) is 4.99. The lowest BCUT2D eigenvalue weighted by Crippen LogP contribution is -2.37. The summed E-state index contributed by atoms with van der Waals surface area (Å²) in [6.07, 6.45) is 1.42. The quantitative estimate of drug-likeness (QED) is 0.577. The Kier molecular flexibility index (Phi) is 5.82. The Morgan fingerprint density at radius 2 is 2.05 bits per heavy atom. The van der Waals surface area contributed by atoms with E-state index in [9.17, 15) is 14.7 Å². The Bertz CT molecular complexity index is 548. The number of hydrogen-bond acceptors (Lipinski definition) is 5. The number of nitrogens with two attached hydrogens (primary N) is 1. The third kappa shape index (κ3) is 3.86. The van der Waals surface area contributed by atoms with Crippen LogP contribution in [0.5, 0.6) is 0 Å². The molecule has 0 aliphatic carbocycles. The maximum Gasteiger partial charge on any atom is 0.330 e. The van der Waals surface area contributed by atoms with Crippen LogP contribution in [0.15, 0.2) is 9.59 Å². The standard InChI is InChI=1S/C13H24N4O3/c1-4-5-17-11(14)10(12(19)16-13(17)20)15-9(7-18)6-8(2)3/h8-9,15,18H,4-7,14H2,1-3H3,(H,16,19,20). The zero-order valence-electron chi connectivity index (χ0n) is 12.3. The minimum Gasteiger partial charge on any atom is -0.394 e. The monoisotopic (exact) mass is 284 g/mol. The molecule has 0 saturated carbocycles. The second-order valence-corrected chi connectivity index (χ2v) is 5.32. The summed E-state index contributed by atoms with van der Waals surface area (Å²) in [7, 11) is 0. The number of nitrogens with zero attached hydrogens (tertiary/aromatic N) is 1. The first-order chi connectivity index (χ1) is 9.40. The van der Waals surface area contributed by atoms with Crippen LogP contribution in [-0.4, -0.2) is 27.3 Å². The molecule has 0 aliphatic rings. The van der Waals surface area contributed by atoms with Crippen molar-refractivity contribution >= 4 is 11.5 Å². The van der Waals surface area contributed by atoms with Crippen LogP contribution in [0.1, 0.15) is 33.6 Å². The van der Waals surface area contributed by atoms with Crippen molar-refractivity contribution in [2.24, 2.45) is 5.92 Å². The van der Waals surface area contributed by atoms with Gasteiger partial charge in [0.15, 0.2) is 0 Å². The summed E-state index contributed by atoms with van der Waals surface area (Å²) in [5, 5.41) is 12.3. The number of aromatic nitrogens is 2. The molecular formula is C13H24N4O3. The van der Waals surface area contributed by atoms with Crippen molar-refractivity contribution < 1.29 is 5.11 Å². The molecule has 7 nitrogen and oxygen atoms in total. The largest absolute Gasteiger partial charge is 0.394 e. The zero-order valence-corrected chi connectivity index (χ0v) is 12.3. The number of anilines is 2. The molecule has 0 fully saturated rings. The molecule has 5 N–H and O–H groups in total. The van der Waals surface area contributed by atoms with E-state index < -0.39 is 11.2 Å². The summed E-state index contributed by atoms with van der Waals surface area (Å²) in [6.45, 7) is 6.29. The number of aliphatic hydroxyl groups excluding tert-OH is 1. The first kappa shape index (κ1) is 16.3. The highest BCUT2D eigenvalue weighted by Gasteiger charge is 2.16. The van der Waals surface area contributed by atoms with E-state index in [1.807, 2.05) is 20.8 Å². The van der Waals surface area contributed by atoms with Crippen LogP contribution in [0.4, 0.5) is 11.5 Å². The Morgan fingerprint density at radius 3 is 2.55 bits per heavy atom. The Balaban J connectivity index is 3.14. The van der Waals surface area contributed by atoms with Gasteiger partial charge in [0.25, 0.3) is 5.56 Å². The number of aromatic amines is 1. The van der Waals surface area contributed by atoms with Gasteiger partial charge < -0.3 is 16.2 Å². The van der Waals surface area contributed by atoms with E-state index >= 15 is 0 Å². The molecule has 0 saturated heterocycles. The van der Waals surface area contributed by atoms with Crippen LogP contribution < -0.4 is 22.3 Å². The first-order valence-corrected chi connectivity index (χ1v) is 6.90. The zero-order chi connectivity index (χ0) is 15.3. The third-order valence-electron chi connectivity index (χ3n) is 3.01. The molecule has 20 heavy (non-hydrogen) atoms. The van der Waals surface area contributed by atoms with Crippen LogP contribution in [0.2, 0.25) is 0 Å². The molecule has 114 valence electrons. The molecule has 1 atom stereocenters. The predicted molar refractivity (Wildman–Crippen MR) is 80.0 cm³/mol. The number of nitrogens with one attached hydrogen (secondary N) is 2. The Hall–Kier alpha value is -1.76. The van der Waals surface area contributed by atoms with E-state index in [4.69, 9.17) is 5.73 Å². The van der Waals surface area contributed by atoms with E-state index in [1.165, 1.54) is 4.57 Å². The smallest absolute Gasteiger partial charge is 0.330 e. The third-order valence-corrected chi connectivity index (χ3v) is 3.01. The summed E-state index contributed by atoms with van der Waals surface area (Å²) in [5.74, 6) is 0.476. The van der Waals surface area contributed by atoms with Crippen molar-refractivity contribution in [2.75, 3.05) is 17.7 Å². The molecule has 0 aromatic carbocycles. The van der Waals surface area contributed by atoms with Crippen molar-refractivity contribution in [3.63, 3.8) is 0 Å². The summed E-state index contributed by atoms with van der Waals surface area (Å²) >= 11 is 0. The van der Waals surface area contributed by atoms with E-state index in [0.29, 0.717) is 18.9 Å². The first-order valence-electron chi connectivity index (χ1n) is 6.90. The fourth-order valence-electron chi connectivity index (χ4n) is 2.13. The number of nitrogen functional groups attached to an aromatic ring is 1. The van der Waals surface area contributed by atoms with Gasteiger partial charge in [-0.25, -0.2) is 4.79 Å². The van der Waals surface area contributed by atoms with E-state index in [0.717, 1.165) is 6.42 Å². The SMILES string of the molecule is CCCn1c(N)c(NC(CO)CC(C)C)c(=O)[nH]c1=O. The fourth-order valence-corrected chi connectivity index (χ4v) is 2.13. The van der Waals surface area contributed by atoms with Gasteiger partial charge in [-0.15, -0.1) is 0 Å². The molecule has 7 heteroatoms. The van der Waals surface area contributed by atoms with Crippen molar-refractivity contribution in [3.8, 4) is 0 Å². The Morgan fingerprint density at radius 1 is 1.40 bits per heavy atom. The average molecular weight is 284 g/mol. The molecule has 0 aliphatic heterocycles. The number of aliphatic hydroxyl groups is 1. The average Bonchev–Trinajstić information content (AvgIpc) is 2.37. The van der Waals surface area contributed by atoms with Crippen molar-refractivity contribution in [3.05, 3.63) is 20.8 Å². The van der Waals surface area contributed by atoms with Gasteiger partial charge in [-0.3, -0.25) is 14.3 Å². The molecule has 1 heterocycles. The van der Waals surface area contributed by atoms with E-state index in [-0.39, 0.29) is 24.2 Å². The van der Waals surface area contributed by atoms with E-state index in [1.54, 1.807) is 0 Å². The highest BCUT2D eigenvalue weighted by atomic mass is 16.3. The Labute approximate surface area is 117 Å². The number of hydrogen-bond donors (Lipinski definition) is 4. The predicted octanol–water partition coefficient (Wildman–Crippen LogP) is 0.348. The van der Waals surface area contributed by atoms with Crippen LogP contribution in [0.25, 0.3) is 0 Å². The second-order valence-electron chi connectivity index (χ2n) is 5.32. The van der Waals surface area contributed by atoms with Crippen molar-refractivity contribution in [1.29, 1.82) is 0 Å². The molecule has 1 aromatic heterocycles. The lowest BCUT2D eigenvalue weighted by molar-refractivity contribution is 0.259. The lowest BCUT2D eigenvalue weighted by atomic mass is 10.0. The molecule has 0 bridgehead atoms. The van der Waals surface area contributed by atoms with Crippen molar-refractivity contribution in [1.82, 2.24) is 9.55 Å². The molecule has 1 rings (SSSR count). The maximum absolute atomic E-state index is 11.9. The topological polar surface area (TPSA) is 113 Å². The highest BCUT2D eigenvalue weighted by Crippen LogP contribution is 2.15. The lowest BCUT2D eigenvalue weighted by Gasteiger charge is -2.21. The van der Waals surface area contributed by atoms with Crippen molar-refractivity contribution in [2.45, 2.75) is 46.2 Å². The minimum absolute atomic E-state index is 0.107. The molecule has 0 spiro atoms. The molecular weight excluding hydrogens is 260 g/mol. The van der Waals surface area contributed by atoms with Gasteiger partial charge in [0.2, 0.25) is 0 Å². The summed E-state index contributed by atoms with van der Waals surface area (Å²) in [6, 6.07) is -0.272. The molecule has 1 aromatic rings.